The molecule has 0 saturated carbocycles. The van der Waals surface area contributed by atoms with Crippen LogP contribution in [-0.2, 0) is 4.79 Å². The lowest BCUT2D eigenvalue weighted by molar-refractivity contribution is -0.384. The van der Waals surface area contributed by atoms with Crippen LogP contribution in [0.5, 0.6) is 11.5 Å². The molecular formula is C20H23N3O6. The van der Waals surface area contributed by atoms with E-state index >= 15 is 0 Å². The molecule has 0 heterocycles. The predicted octanol–water partition coefficient (Wildman–Crippen LogP) is 3.27. The van der Waals surface area contributed by atoms with Crippen molar-refractivity contribution in [3.63, 3.8) is 0 Å². The van der Waals surface area contributed by atoms with Crippen LogP contribution in [0.3, 0.4) is 0 Å². The van der Waals surface area contributed by atoms with Crippen molar-refractivity contribution in [1.82, 2.24) is 10.6 Å². The number of ether oxygens (including phenoxy) is 2. The molecule has 0 bridgehead atoms. The van der Waals surface area contributed by atoms with Crippen molar-refractivity contribution in [2.24, 2.45) is 0 Å². The summed E-state index contributed by atoms with van der Waals surface area (Å²) in [5.74, 6) is 0.264. The maximum atomic E-state index is 12.2. The van der Waals surface area contributed by atoms with Gasteiger partial charge < -0.3 is 14.8 Å². The van der Waals surface area contributed by atoms with Gasteiger partial charge in [-0.05, 0) is 44.5 Å². The highest BCUT2D eigenvalue weighted by atomic mass is 16.6. The third-order valence-corrected chi connectivity index (χ3v) is 3.90. The zero-order valence-corrected chi connectivity index (χ0v) is 16.6. The molecule has 1 atom stereocenters. The van der Waals surface area contributed by atoms with Gasteiger partial charge in [-0.3, -0.25) is 20.2 Å². The van der Waals surface area contributed by atoms with Gasteiger partial charge >= 0.3 is 6.03 Å². The molecule has 0 unspecified atom stereocenters. The Kier molecular flexibility index (Phi) is 7.13. The van der Waals surface area contributed by atoms with E-state index < -0.39 is 23.0 Å². The van der Waals surface area contributed by atoms with E-state index in [0.29, 0.717) is 16.9 Å². The summed E-state index contributed by atoms with van der Waals surface area (Å²) in [6.45, 7) is 5.02. The third-order valence-electron chi connectivity index (χ3n) is 3.90. The van der Waals surface area contributed by atoms with Gasteiger partial charge in [0.1, 0.15) is 11.5 Å². The minimum atomic E-state index is -1.01. The Labute approximate surface area is 168 Å². The van der Waals surface area contributed by atoms with Crippen LogP contribution < -0.4 is 20.1 Å². The van der Waals surface area contributed by atoms with Gasteiger partial charge in [-0.2, -0.15) is 0 Å². The van der Waals surface area contributed by atoms with Gasteiger partial charge in [0.2, 0.25) is 0 Å². The number of nitrogens with one attached hydrogen (secondary N) is 2. The minimum absolute atomic E-state index is 0.114. The normalized spacial score (nSPS) is 11.5. The second-order valence-electron chi connectivity index (χ2n) is 6.54. The van der Waals surface area contributed by atoms with Gasteiger partial charge in [-0.1, -0.05) is 12.1 Å². The van der Waals surface area contributed by atoms with E-state index in [1.807, 2.05) is 0 Å². The van der Waals surface area contributed by atoms with E-state index in [4.69, 9.17) is 9.47 Å². The first-order valence-electron chi connectivity index (χ1n) is 8.92. The molecule has 9 heteroatoms. The first-order valence-corrected chi connectivity index (χ1v) is 8.92. The average Bonchev–Trinajstić information content (AvgIpc) is 2.67. The lowest BCUT2D eigenvalue weighted by atomic mass is 10.0. The number of hydrogen-bond acceptors (Lipinski definition) is 6. The number of nitro benzene ring substituents is 1. The van der Waals surface area contributed by atoms with Crippen molar-refractivity contribution >= 4 is 17.6 Å². The Morgan fingerprint density at radius 3 is 2.28 bits per heavy atom. The molecule has 0 fully saturated rings. The second kappa shape index (κ2) is 9.54. The van der Waals surface area contributed by atoms with Gasteiger partial charge in [-0.15, -0.1) is 0 Å². The lowest BCUT2D eigenvalue weighted by Gasteiger charge is -2.18. The van der Waals surface area contributed by atoms with Gasteiger partial charge in [0, 0.05) is 23.7 Å². The van der Waals surface area contributed by atoms with Gasteiger partial charge in [0.25, 0.3) is 11.6 Å². The molecule has 29 heavy (non-hydrogen) atoms. The summed E-state index contributed by atoms with van der Waals surface area (Å²) >= 11 is 0. The van der Waals surface area contributed by atoms with Crippen LogP contribution >= 0.6 is 0 Å². The van der Waals surface area contributed by atoms with Gasteiger partial charge in [0.05, 0.1) is 12.0 Å². The van der Waals surface area contributed by atoms with Crippen molar-refractivity contribution in [2.75, 3.05) is 7.11 Å². The fraction of sp³-hybridized carbons (Fsp3) is 0.300. The number of carbonyl (C=O) groups is 2. The summed E-state index contributed by atoms with van der Waals surface area (Å²) in [4.78, 5) is 34.6. The van der Waals surface area contributed by atoms with E-state index in [-0.39, 0.29) is 17.5 Å². The molecule has 2 rings (SSSR count). The molecule has 2 N–H and O–H groups in total. The smallest absolute Gasteiger partial charge is 0.321 e. The molecule has 0 aliphatic heterocycles. The first kappa shape index (κ1) is 21.7. The molecular weight excluding hydrogens is 378 g/mol. The maximum Gasteiger partial charge on any atom is 0.321 e. The molecule has 0 spiro atoms. The van der Waals surface area contributed by atoms with Crippen molar-refractivity contribution < 1.29 is 24.0 Å². The molecule has 3 amide bonds. The largest absolute Gasteiger partial charge is 0.497 e. The van der Waals surface area contributed by atoms with Gasteiger partial charge in [0.15, 0.2) is 6.10 Å². The average molecular weight is 401 g/mol. The Morgan fingerprint density at radius 1 is 1.07 bits per heavy atom. The van der Waals surface area contributed by atoms with E-state index in [1.165, 1.54) is 32.2 Å². The number of imide groups is 1. The molecule has 0 saturated heterocycles. The van der Waals surface area contributed by atoms with E-state index in [0.717, 1.165) is 0 Å². The first-order chi connectivity index (χ1) is 13.7. The molecule has 154 valence electrons. The summed E-state index contributed by atoms with van der Waals surface area (Å²) in [6, 6.07) is 10.2. The Morgan fingerprint density at radius 2 is 1.72 bits per heavy atom. The molecule has 9 nitrogen and oxygen atoms in total. The fourth-order valence-corrected chi connectivity index (χ4v) is 2.49. The van der Waals surface area contributed by atoms with Crippen LogP contribution in [0.4, 0.5) is 10.5 Å². The summed E-state index contributed by atoms with van der Waals surface area (Å²) in [5.41, 5.74) is 0.972. The van der Waals surface area contributed by atoms with Crippen molar-refractivity contribution in [3.05, 3.63) is 52.6 Å². The van der Waals surface area contributed by atoms with E-state index in [9.17, 15) is 19.7 Å². The van der Waals surface area contributed by atoms with Crippen LogP contribution in [0.15, 0.2) is 42.5 Å². The third kappa shape index (κ3) is 5.93. The number of hydrogen-bond donors (Lipinski definition) is 2. The molecule has 2 aromatic rings. The summed E-state index contributed by atoms with van der Waals surface area (Å²) < 4.78 is 10.8. The number of urea groups is 1. The summed E-state index contributed by atoms with van der Waals surface area (Å²) in [7, 11) is 1.53. The standard InChI is InChI=1S/C20H23N3O6/c1-12(2)21-20(25)22-19(24)13(3)29-18-10-7-15(23(26)27)11-17(18)14-5-8-16(28-4)9-6-14/h5-13H,1-4H3,(H2,21,22,24,25)/t13-/m0/s1. The quantitative estimate of drug-likeness (QED) is 0.543. The van der Waals surface area contributed by atoms with E-state index in [1.54, 1.807) is 38.1 Å². The monoisotopic (exact) mass is 401 g/mol. The van der Waals surface area contributed by atoms with Crippen LogP contribution in [0, 0.1) is 10.1 Å². The topological polar surface area (TPSA) is 120 Å². The van der Waals surface area contributed by atoms with Crippen LogP contribution in [0.2, 0.25) is 0 Å². The maximum absolute atomic E-state index is 12.2. The number of methoxy groups -OCH3 is 1. The Balaban J connectivity index is 2.27. The minimum Gasteiger partial charge on any atom is -0.497 e. The molecule has 0 aliphatic carbocycles. The number of carbonyl (C=O) groups excluding carboxylic acids is 2. The summed E-state index contributed by atoms with van der Waals surface area (Å²) in [5, 5.41) is 15.9. The number of amides is 3. The Bertz CT molecular complexity index is 896. The van der Waals surface area contributed by atoms with Crippen molar-refractivity contribution in [3.8, 4) is 22.6 Å². The van der Waals surface area contributed by atoms with Crippen molar-refractivity contribution in [2.45, 2.75) is 32.9 Å². The predicted molar refractivity (Wildman–Crippen MR) is 107 cm³/mol. The number of nitro groups is 1. The number of non-ortho nitro benzene ring substituents is 1. The molecule has 0 aliphatic rings. The number of rotatable bonds is 7. The van der Waals surface area contributed by atoms with Crippen LogP contribution in [0.25, 0.3) is 11.1 Å². The fourth-order valence-electron chi connectivity index (χ4n) is 2.49. The van der Waals surface area contributed by atoms with Crippen molar-refractivity contribution in [1.29, 1.82) is 0 Å². The summed E-state index contributed by atoms with van der Waals surface area (Å²) in [6.07, 6.45) is -1.01. The molecule has 0 radical (unpaired) electrons. The SMILES string of the molecule is COc1ccc(-c2cc([N+](=O)[O-])ccc2O[C@@H](C)C(=O)NC(=O)NC(C)C)cc1. The highest BCUT2D eigenvalue weighted by Crippen LogP contribution is 2.35. The lowest BCUT2D eigenvalue weighted by Crippen LogP contribution is -2.47. The van der Waals surface area contributed by atoms with Crippen LogP contribution in [0.1, 0.15) is 20.8 Å². The van der Waals surface area contributed by atoms with Gasteiger partial charge in [-0.25, -0.2) is 4.79 Å². The van der Waals surface area contributed by atoms with E-state index in [2.05, 4.69) is 10.6 Å². The Hall–Kier alpha value is -3.62. The second-order valence-corrected chi connectivity index (χ2v) is 6.54. The number of benzene rings is 2. The zero-order valence-electron chi connectivity index (χ0n) is 16.6. The highest BCUT2D eigenvalue weighted by Gasteiger charge is 2.21. The molecule has 0 aromatic heterocycles. The highest BCUT2D eigenvalue weighted by molar-refractivity contribution is 5.96. The van der Waals surface area contributed by atoms with Crippen LogP contribution in [-0.4, -0.2) is 36.1 Å². The number of nitrogens with zero attached hydrogens (tertiary/aromatic N) is 1. The zero-order chi connectivity index (χ0) is 21.6. The molecule has 2 aromatic carbocycles.